The molecule has 0 aromatic heterocycles. The van der Waals surface area contributed by atoms with Gasteiger partial charge in [-0.2, -0.15) is 0 Å². The van der Waals surface area contributed by atoms with Gasteiger partial charge in [-0.25, -0.2) is 13.6 Å². The summed E-state index contributed by atoms with van der Waals surface area (Å²) >= 11 is 5.93. The zero-order valence-electron chi connectivity index (χ0n) is 12.2. The second-order valence-electron chi connectivity index (χ2n) is 5.68. The molecule has 0 atom stereocenters. The molecule has 0 bridgehead atoms. The van der Waals surface area contributed by atoms with E-state index >= 15 is 0 Å². The molecule has 0 aliphatic rings. The molecule has 1 aromatic rings. The Labute approximate surface area is 127 Å². The molecule has 0 fully saturated rings. The topological polar surface area (TPSA) is 64.3 Å². The van der Waals surface area contributed by atoms with Crippen molar-refractivity contribution >= 4 is 23.4 Å². The lowest BCUT2D eigenvalue weighted by Crippen LogP contribution is -2.30. The quantitative estimate of drug-likeness (QED) is 0.886. The van der Waals surface area contributed by atoms with E-state index in [0.717, 1.165) is 0 Å². The third kappa shape index (κ3) is 6.27. The number of alkyl halides is 2. The zero-order chi connectivity index (χ0) is 16.3. The molecular weight excluding hydrogens is 302 g/mol. The van der Waals surface area contributed by atoms with E-state index < -0.39 is 30.6 Å². The lowest BCUT2D eigenvalue weighted by molar-refractivity contribution is 0.0115. The molecule has 1 aromatic carbocycles. The SMILES string of the molecule is CC(C)(C)OC(=O)Nc1cc(CC(F)(F)CN)ccc1Cl. The van der Waals surface area contributed by atoms with Crippen LogP contribution in [0.15, 0.2) is 18.2 Å². The summed E-state index contributed by atoms with van der Waals surface area (Å²) in [5.74, 6) is -3.00. The van der Waals surface area contributed by atoms with Crippen molar-refractivity contribution in [3.63, 3.8) is 0 Å². The second-order valence-corrected chi connectivity index (χ2v) is 6.09. The summed E-state index contributed by atoms with van der Waals surface area (Å²) in [5.41, 5.74) is 4.88. The number of amides is 1. The number of nitrogens with two attached hydrogens (primary N) is 1. The number of hydrogen-bond acceptors (Lipinski definition) is 3. The molecule has 21 heavy (non-hydrogen) atoms. The van der Waals surface area contributed by atoms with E-state index in [9.17, 15) is 13.6 Å². The Morgan fingerprint density at radius 3 is 2.52 bits per heavy atom. The Balaban J connectivity index is 2.86. The van der Waals surface area contributed by atoms with E-state index in [0.29, 0.717) is 5.56 Å². The minimum atomic E-state index is -3.00. The minimum absolute atomic E-state index is 0.219. The van der Waals surface area contributed by atoms with Gasteiger partial charge in [0.05, 0.1) is 17.3 Å². The first-order valence-corrected chi connectivity index (χ1v) is 6.76. The van der Waals surface area contributed by atoms with Crippen LogP contribution in [-0.4, -0.2) is 24.2 Å². The van der Waals surface area contributed by atoms with Crippen LogP contribution in [0.4, 0.5) is 19.3 Å². The van der Waals surface area contributed by atoms with Crippen molar-refractivity contribution in [1.29, 1.82) is 0 Å². The first-order valence-electron chi connectivity index (χ1n) is 6.39. The van der Waals surface area contributed by atoms with Crippen molar-refractivity contribution in [3.05, 3.63) is 28.8 Å². The molecule has 1 rings (SSSR count). The maximum Gasteiger partial charge on any atom is 0.412 e. The van der Waals surface area contributed by atoms with Crippen LogP contribution in [0, 0.1) is 0 Å². The molecule has 7 heteroatoms. The van der Waals surface area contributed by atoms with Crippen LogP contribution in [0.5, 0.6) is 0 Å². The van der Waals surface area contributed by atoms with E-state index in [1.807, 2.05) is 0 Å². The standard InChI is InChI=1S/C14H19ClF2N2O2/c1-13(2,3)21-12(20)19-11-6-9(4-5-10(11)15)7-14(16,17)8-18/h4-6H,7-8,18H2,1-3H3,(H,19,20). The zero-order valence-corrected chi connectivity index (χ0v) is 12.9. The van der Waals surface area contributed by atoms with Gasteiger partial charge in [0.25, 0.3) is 5.92 Å². The molecule has 0 aliphatic carbocycles. The highest BCUT2D eigenvalue weighted by Crippen LogP contribution is 2.27. The fourth-order valence-electron chi connectivity index (χ4n) is 1.56. The van der Waals surface area contributed by atoms with Crippen molar-refractivity contribution in [3.8, 4) is 0 Å². The monoisotopic (exact) mass is 320 g/mol. The molecule has 3 N–H and O–H groups in total. The van der Waals surface area contributed by atoms with Crippen LogP contribution in [0.3, 0.4) is 0 Å². The van der Waals surface area contributed by atoms with Crippen LogP contribution in [0.25, 0.3) is 0 Å². The maximum absolute atomic E-state index is 13.3. The predicted octanol–water partition coefficient (Wildman–Crippen LogP) is 3.82. The van der Waals surface area contributed by atoms with Gasteiger partial charge in [0, 0.05) is 6.42 Å². The summed E-state index contributed by atoms with van der Waals surface area (Å²) in [4.78, 5) is 11.7. The Hall–Kier alpha value is -1.40. The average Bonchev–Trinajstić information content (AvgIpc) is 2.31. The van der Waals surface area contributed by atoms with E-state index in [-0.39, 0.29) is 10.7 Å². The van der Waals surface area contributed by atoms with Gasteiger partial charge in [-0.15, -0.1) is 0 Å². The highest BCUT2D eigenvalue weighted by Gasteiger charge is 2.27. The van der Waals surface area contributed by atoms with Gasteiger partial charge in [0.2, 0.25) is 0 Å². The summed E-state index contributed by atoms with van der Waals surface area (Å²) in [5, 5.41) is 2.68. The van der Waals surface area contributed by atoms with Crippen LogP contribution in [0.1, 0.15) is 26.3 Å². The van der Waals surface area contributed by atoms with Crippen molar-refractivity contribution < 1.29 is 18.3 Å². The number of carbonyl (C=O) groups excluding carboxylic acids is 1. The molecule has 4 nitrogen and oxygen atoms in total. The van der Waals surface area contributed by atoms with E-state index in [1.165, 1.54) is 18.2 Å². The van der Waals surface area contributed by atoms with Gasteiger partial charge in [-0.1, -0.05) is 17.7 Å². The Bertz CT molecular complexity index is 516. The van der Waals surface area contributed by atoms with Gasteiger partial charge in [0.1, 0.15) is 5.60 Å². The number of carbonyl (C=O) groups is 1. The fourth-order valence-corrected chi connectivity index (χ4v) is 1.73. The molecule has 0 radical (unpaired) electrons. The normalized spacial score (nSPS) is 12.1. The van der Waals surface area contributed by atoms with Crippen LogP contribution >= 0.6 is 11.6 Å². The summed E-state index contributed by atoms with van der Waals surface area (Å²) in [6.45, 7) is 4.40. The highest BCUT2D eigenvalue weighted by molar-refractivity contribution is 6.33. The Morgan fingerprint density at radius 1 is 1.38 bits per heavy atom. The number of benzene rings is 1. The molecule has 0 heterocycles. The van der Waals surface area contributed by atoms with Crippen molar-refractivity contribution in [2.75, 3.05) is 11.9 Å². The van der Waals surface area contributed by atoms with Gasteiger partial charge in [0.15, 0.2) is 0 Å². The van der Waals surface area contributed by atoms with E-state index in [2.05, 4.69) is 5.32 Å². The molecule has 0 unspecified atom stereocenters. The molecule has 0 aliphatic heterocycles. The van der Waals surface area contributed by atoms with E-state index in [4.69, 9.17) is 22.1 Å². The summed E-state index contributed by atoms with van der Waals surface area (Å²) < 4.78 is 31.7. The average molecular weight is 321 g/mol. The number of ether oxygens (including phenoxy) is 1. The third-order valence-electron chi connectivity index (χ3n) is 2.43. The fraction of sp³-hybridized carbons (Fsp3) is 0.500. The molecule has 118 valence electrons. The molecule has 0 spiro atoms. The lowest BCUT2D eigenvalue weighted by atomic mass is 10.1. The molecule has 0 saturated heterocycles. The van der Waals surface area contributed by atoms with Gasteiger partial charge >= 0.3 is 6.09 Å². The van der Waals surface area contributed by atoms with Gasteiger partial charge in [-0.3, -0.25) is 5.32 Å². The summed E-state index contributed by atoms with van der Waals surface area (Å²) in [7, 11) is 0. The number of anilines is 1. The van der Waals surface area contributed by atoms with Crippen molar-refractivity contribution in [2.24, 2.45) is 5.73 Å². The van der Waals surface area contributed by atoms with Crippen molar-refractivity contribution in [1.82, 2.24) is 0 Å². The molecule has 0 saturated carbocycles. The summed E-state index contributed by atoms with van der Waals surface area (Å²) in [6, 6.07) is 4.29. The smallest absolute Gasteiger partial charge is 0.412 e. The minimum Gasteiger partial charge on any atom is -0.444 e. The highest BCUT2D eigenvalue weighted by atomic mass is 35.5. The second kappa shape index (κ2) is 6.58. The maximum atomic E-state index is 13.3. The first kappa shape index (κ1) is 17.7. The largest absolute Gasteiger partial charge is 0.444 e. The first-order chi connectivity index (χ1) is 9.52. The van der Waals surface area contributed by atoms with Crippen LogP contribution in [0.2, 0.25) is 5.02 Å². The number of rotatable bonds is 4. The third-order valence-corrected chi connectivity index (χ3v) is 2.76. The number of nitrogens with one attached hydrogen (secondary N) is 1. The number of halogens is 3. The summed E-state index contributed by atoms with van der Waals surface area (Å²) in [6.07, 6.45) is -1.23. The number of hydrogen-bond donors (Lipinski definition) is 2. The Morgan fingerprint density at radius 2 is 2.00 bits per heavy atom. The molecule has 1 amide bonds. The van der Waals surface area contributed by atoms with Crippen LogP contribution < -0.4 is 11.1 Å². The van der Waals surface area contributed by atoms with Gasteiger partial charge in [-0.05, 0) is 38.5 Å². The molecular formula is C14H19ClF2N2O2. The van der Waals surface area contributed by atoms with Crippen LogP contribution in [-0.2, 0) is 11.2 Å². The lowest BCUT2D eigenvalue weighted by Gasteiger charge is -2.20. The van der Waals surface area contributed by atoms with E-state index in [1.54, 1.807) is 20.8 Å². The van der Waals surface area contributed by atoms with Crippen molar-refractivity contribution in [2.45, 2.75) is 38.7 Å². The predicted molar refractivity (Wildman–Crippen MR) is 79.0 cm³/mol. The van der Waals surface area contributed by atoms with Gasteiger partial charge < -0.3 is 10.5 Å². The Kier molecular flexibility index (Phi) is 5.53.